The van der Waals surface area contributed by atoms with Crippen LogP contribution in [0, 0.1) is 0 Å². The van der Waals surface area contributed by atoms with Crippen molar-refractivity contribution in [3.05, 3.63) is 58.2 Å². The zero-order valence-corrected chi connectivity index (χ0v) is 12.9. The molecular weight excluding hydrogens is 300 g/mol. The number of rotatable bonds is 5. The Hall–Kier alpha value is -1.98. The number of amides is 1. The van der Waals surface area contributed by atoms with Gasteiger partial charge in [-0.2, -0.15) is 11.3 Å². The topological polar surface area (TPSA) is 42.0 Å². The zero-order chi connectivity index (χ0) is 14.5. The maximum Gasteiger partial charge on any atom is 0.224 e. The number of anilines is 1. The number of thiazole rings is 1. The highest BCUT2D eigenvalue weighted by atomic mass is 32.1. The SMILES string of the molecule is O=C(CCc1ccsc1)Nc1ccc(-c2nccs2)cc1. The number of thiophene rings is 1. The molecule has 3 nitrogen and oxygen atoms in total. The van der Waals surface area contributed by atoms with Crippen molar-refractivity contribution in [2.75, 3.05) is 5.32 Å². The first-order valence-electron chi connectivity index (χ1n) is 6.62. The van der Waals surface area contributed by atoms with Crippen LogP contribution in [0.5, 0.6) is 0 Å². The van der Waals surface area contributed by atoms with E-state index in [0.29, 0.717) is 6.42 Å². The summed E-state index contributed by atoms with van der Waals surface area (Å²) in [6, 6.07) is 9.85. The highest BCUT2D eigenvalue weighted by molar-refractivity contribution is 7.13. The van der Waals surface area contributed by atoms with E-state index in [-0.39, 0.29) is 5.91 Å². The molecule has 1 amide bonds. The summed E-state index contributed by atoms with van der Waals surface area (Å²) in [6.07, 6.45) is 3.08. The highest BCUT2D eigenvalue weighted by Crippen LogP contribution is 2.23. The molecule has 0 aliphatic heterocycles. The lowest BCUT2D eigenvalue weighted by atomic mass is 10.2. The Labute approximate surface area is 131 Å². The van der Waals surface area contributed by atoms with E-state index >= 15 is 0 Å². The third kappa shape index (κ3) is 3.77. The van der Waals surface area contributed by atoms with Gasteiger partial charge in [-0.1, -0.05) is 0 Å². The fraction of sp³-hybridized carbons (Fsp3) is 0.125. The van der Waals surface area contributed by atoms with E-state index in [2.05, 4.69) is 21.7 Å². The van der Waals surface area contributed by atoms with Gasteiger partial charge in [-0.25, -0.2) is 4.98 Å². The van der Waals surface area contributed by atoms with Crippen molar-refractivity contribution in [3.63, 3.8) is 0 Å². The molecule has 106 valence electrons. The van der Waals surface area contributed by atoms with Gasteiger partial charge in [-0.15, -0.1) is 11.3 Å². The standard InChI is InChI=1S/C16H14N2OS2/c19-15(6-1-12-7-9-20-11-12)18-14-4-2-13(3-5-14)16-17-8-10-21-16/h2-5,7-11H,1,6H2,(H,18,19). The number of aryl methyl sites for hydroxylation is 1. The molecule has 0 aliphatic rings. The molecule has 3 rings (SSSR count). The Morgan fingerprint density at radius 2 is 2.00 bits per heavy atom. The van der Waals surface area contributed by atoms with E-state index in [1.165, 1.54) is 5.56 Å². The van der Waals surface area contributed by atoms with Gasteiger partial charge in [0.25, 0.3) is 0 Å². The van der Waals surface area contributed by atoms with Gasteiger partial charge in [0.05, 0.1) is 0 Å². The average Bonchev–Trinajstić information content (AvgIpc) is 3.19. The summed E-state index contributed by atoms with van der Waals surface area (Å²) in [6.45, 7) is 0. The molecule has 1 N–H and O–H groups in total. The van der Waals surface area contributed by atoms with Crippen LogP contribution in [-0.4, -0.2) is 10.9 Å². The molecule has 0 bridgehead atoms. The van der Waals surface area contributed by atoms with Gasteiger partial charge < -0.3 is 5.32 Å². The van der Waals surface area contributed by atoms with Gasteiger partial charge in [-0.05, 0) is 53.1 Å². The highest BCUT2D eigenvalue weighted by Gasteiger charge is 2.05. The first-order chi connectivity index (χ1) is 10.3. The van der Waals surface area contributed by atoms with E-state index in [1.807, 2.05) is 35.0 Å². The number of hydrogen-bond acceptors (Lipinski definition) is 4. The predicted molar refractivity (Wildman–Crippen MR) is 88.8 cm³/mol. The molecule has 2 heterocycles. The molecule has 3 aromatic rings. The quantitative estimate of drug-likeness (QED) is 0.756. The van der Waals surface area contributed by atoms with Crippen LogP contribution in [0.15, 0.2) is 52.7 Å². The van der Waals surface area contributed by atoms with Crippen molar-refractivity contribution in [1.29, 1.82) is 0 Å². The van der Waals surface area contributed by atoms with Crippen LogP contribution in [0.4, 0.5) is 5.69 Å². The summed E-state index contributed by atoms with van der Waals surface area (Å²) < 4.78 is 0. The van der Waals surface area contributed by atoms with Crippen LogP contribution in [0.3, 0.4) is 0 Å². The lowest BCUT2D eigenvalue weighted by Gasteiger charge is -2.05. The summed E-state index contributed by atoms with van der Waals surface area (Å²) in [4.78, 5) is 16.2. The second kappa shape index (κ2) is 6.65. The second-order valence-electron chi connectivity index (χ2n) is 4.59. The molecule has 21 heavy (non-hydrogen) atoms. The summed E-state index contributed by atoms with van der Waals surface area (Å²) in [5.74, 6) is 0.0446. The third-order valence-corrected chi connectivity index (χ3v) is 4.62. The van der Waals surface area contributed by atoms with Crippen molar-refractivity contribution < 1.29 is 4.79 Å². The van der Waals surface area contributed by atoms with E-state index < -0.39 is 0 Å². The van der Waals surface area contributed by atoms with Crippen LogP contribution in [0.1, 0.15) is 12.0 Å². The molecule has 0 radical (unpaired) electrons. The predicted octanol–water partition coefficient (Wildman–Crippen LogP) is 4.44. The zero-order valence-electron chi connectivity index (χ0n) is 11.3. The summed E-state index contributed by atoms with van der Waals surface area (Å²) >= 11 is 3.26. The van der Waals surface area contributed by atoms with Gasteiger partial charge in [-0.3, -0.25) is 4.79 Å². The monoisotopic (exact) mass is 314 g/mol. The van der Waals surface area contributed by atoms with Crippen molar-refractivity contribution in [2.24, 2.45) is 0 Å². The Bertz CT molecular complexity index is 688. The molecule has 2 aromatic heterocycles. The van der Waals surface area contributed by atoms with E-state index in [4.69, 9.17) is 0 Å². The molecule has 0 aliphatic carbocycles. The van der Waals surface area contributed by atoms with Crippen LogP contribution in [-0.2, 0) is 11.2 Å². The Balaban J connectivity index is 1.56. The van der Waals surface area contributed by atoms with Crippen LogP contribution in [0.2, 0.25) is 0 Å². The maximum absolute atomic E-state index is 11.9. The molecule has 0 spiro atoms. The fourth-order valence-corrected chi connectivity index (χ4v) is 3.33. The number of aromatic nitrogens is 1. The van der Waals surface area contributed by atoms with Crippen LogP contribution in [0.25, 0.3) is 10.6 Å². The Morgan fingerprint density at radius 1 is 1.14 bits per heavy atom. The average molecular weight is 314 g/mol. The first-order valence-corrected chi connectivity index (χ1v) is 8.44. The lowest BCUT2D eigenvalue weighted by molar-refractivity contribution is -0.116. The number of hydrogen-bond donors (Lipinski definition) is 1. The number of carbonyl (C=O) groups excluding carboxylic acids is 1. The molecule has 0 saturated carbocycles. The largest absolute Gasteiger partial charge is 0.326 e. The fourth-order valence-electron chi connectivity index (χ4n) is 1.98. The number of nitrogens with one attached hydrogen (secondary N) is 1. The summed E-state index contributed by atoms with van der Waals surface area (Å²) in [5.41, 5.74) is 3.11. The van der Waals surface area contributed by atoms with Crippen molar-refractivity contribution in [3.8, 4) is 10.6 Å². The molecule has 1 aromatic carbocycles. The molecule has 0 fully saturated rings. The van der Waals surface area contributed by atoms with Gasteiger partial charge in [0.2, 0.25) is 5.91 Å². The third-order valence-electron chi connectivity index (χ3n) is 3.07. The maximum atomic E-state index is 11.9. The molecule has 5 heteroatoms. The van der Waals surface area contributed by atoms with E-state index in [1.54, 1.807) is 28.9 Å². The molecule has 0 saturated heterocycles. The van der Waals surface area contributed by atoms with Crippen molar-refractivity contribution >= 4 is 34.3 Å². The number of nitrogens with zero attached hydrogens (tertiary/aromatic N) is 1. The normalized spacial score (nSPS) is 10.5. The minimum atomic E-state index is 0.0446. The van der Waals surface area contributed by atoms with E-state index in [9.17, 15) is 4.79 Å². The Morgan fingerprint density at radius 3 is 2.67 bits per heavy atom. The van der Waals surface area contributed by atoms with Gasteiger partial charge in [0.1, 0.15) is 5.01 Å². The smallest absolute Gasteiger partial charge is 0.224 e. The van der Waals surface area contributed by atoms with Crippen molar-refractivity contribution in [1.82, 2.24) is 4.98 Å². The minimum absolute atomic E-state index is 0.0446. The molecular formula is C16H14N2OS2. The summed E-state index contributed by atoms with van der Waals surface area (Å²) in [7, 11) is 0. The van der Waals surface area contributed by atoms with Crippen LogP contribution >= 0.6 is 22.7 Å². The van der Waals surface area contributed by atoms with E-state index in [0.717, 1.165) is 22.7 Å². The minimum Gasteiger partial charge on any atom is -0.326 e. The summed E-state index contributed by atoms with van der Waals surface area (Å²) in [5, 5.41) is 9.98. The van der Waals surface area contributed by atoms with Gasteiger partial charge in [0, 0.05) is 29.2 Å². The molecule has 0 unspecified atom stereocenters. The Kier molecular flexibility index (Phi) is 4.43. The lowest BCUT2D eigenvalue weighted by Crippen LogP contribution is -2.12. The van der Waals surface area contributed by atoms with Gasteiger partial charge >= 0.3 is 0 Å². The van der Waals surface area contributed by atoms with Crippen LogP contribution < -0.4 is 5.32 Å². The first kappa shape index (κ1) is 14.0. The number of benzene rings is 1. The van der Waals surface area contributed by atoms with Gasteiger partial charge in [0.15, 0.2) is 0 Å². The second-order valence-corrected chi connectivity index (χ2v) is 6.27. The number of carbonyl (C=O) groups is 1. The molecule has 0 atom stereocenters. The van der Waals surface area contributed by atoms with Crippen molar-refractivity contribution in [2.45, 2.75) is 12.8 Å².